The number of carbonyl (C=O) groups is 1. The number of aromatic amines is 1. The summed E-state index contributed by atoms with van der Waals surface area (Å²) in [6, 6.07) is 19.0. The van der Waals surface area contributed by atoms with Crippen LogP contribution in [0.15, 0.2) is 60.8 Å². The van der Waals surface area contributed by atoms with E-state index in [1.165, 1.54) is 11.1 Å². The lowest BCUT2D eigenvalue weighted by Gasteiger charge is -2.31. The van der Waals surface area contributed by atoms with E-state index in [9.17, 15) is 4.79 Å². The molecule has 1 N–H and O–H groups in total. The highest BCUT2D eigenvalue weighted by molar-refractivity contribution is 5.76. The number of piperidine rings is 1. The first kappa shape index (κ1) is 19.4. The number of aromatic nitrogens is 2. The Morgan fingerprint density at radius 3 is 2.34 bits per heavy atom. The first-order valence-corrected chi connectivity index (χ1v) is 10.7. The molecule has 29 heavy (non-hydrogen) atoms. The van der Waals surface area contributed by atoms with Crippen LogP contribution >= 0.6 is 0 Å². The van der Waals surface area contributed by atoms with E-state index in [1.54, 1.807) is 0 Å². The Morgan fingerprint density at radius 2 is 1.66 bits per heavy atom. The van der Waals surface area contributed by atoms with Gasteiger partial charge in [0.1, 0.15) is 5.82 Å². The van der Waals surface area contributed by atoms with Gasteiger partial charge < -0.3 is 9.88 Å². The van der Waals surface area contributed by atoms with E-state index in [1.807, 2.05) is 17.2 Å². The van der Waals surface area contributed by atoms with Crippen molar-refractivity contribution in [1.29, 1.82) is 0 Å². The van der Waals surface area contributed by atoms with Crippen LogP contribution in [0.5, 0.6) is 0 Å². The number of imidazole rings is 1. The van der Waals surface area contributed by atoms with Crippen molar-refractivity contribution in [3.63, 3.8) is 0 Å². The molecule has 0 spiro atoms. The normalized spacial score (nSPS) is 14.9. The summed E-state index contributed by atoms with van der Waals surface area (Å²) >= 11 is 0. The van der Waals surface area contributed by atoms with Crippen molar-refractivity contribution in [2.75, 3.05) is 13.1 Å². The van der Waals surface area contributed by atoms with Gasteiger partial charge in [0.2, 0.25) is 5.91 Å². The zero-order chi connectivity index (χ0) is 20.1. The van der Waals surface area contributed by atoms with Gasteiger partial charge in [0.05, 0.1) is 5.69 Å². The van der Waals surface area contributed by atoms with E-state index in [0.29, 0.717) is 18.2 Å². The number of nitrogens with zero attached hydrogens (tertiary/aromatic N) is 2. The highest BCUT2D eigenvalue weighted by Crippen LogP contribution is 2.29. The van der Waals surface area contributed by atoms with Crippen molar-refractivity contribution in [2.24, 2.45) is 0 Å². The van der Waals surface area contributed by atoms with E-state index >= 15 is 0 Å². The van der Waals surface area contributed by atoms with Crippen molar-refractivity contribution in [3.8, 4) is 22.4 Å². The fourth-order valence-corrected chi connectivity index (χ4v) is 4.05. The molecule has 2 heterocycles. The molecule has 4 heteroatoms. The van der Waals surface area contributed by atoms with Crippen molar-refractivity contribution < 1.29 is 4.79 Å². The molecule has 1 aliphatic heterocycles. The molecule has 4 rings (SSSR count). The van der Waals surface area contributed by atoms with Gasteiger partial charge in [0.15, 0.2) is 0 Å². The van der Waals surface area contributed by atoms with Crippen LogP contribution in [0.4, 0.5) is 0 Å². The number of benzene rings is 2. The predicted octanol–water partition coefficient (Wildman–Crippen LogP) is 5.64. The van der Waals surface area contributed by atoms with Crippen LogP contribution in [0, 0.1) is 0 Å². The quantitative estimate of drug-likeness (QED) is 0.595. The second-order valence-corrected chi connectivity index (χ2v) is 7.87. The number of nitrogens with one attached hydrogen (secondary N) is 1. The number of unbranched alkanes of at least 4 members (excludes halogenated alkanes) is 1. The average Bonchev–Trinajstić information content (AvgIpc) is 3.28. The predicted molar refractivity (Wildman–Crippen MR) is 118 cm³/mol. The van der Waals surface area contributed by atoms with E-state index in [0.717, 1.165) is 55.9 Å². The maximum atomic E-state index is 12.2. The highest BCUT2D eigenvalue weighted by Gasteiger charge is 2.25. The van der Waals surface area contributed by atoms with Crippen LogP contribution in [0.1, 0.15) is 50.8 Å². The number of rotatable bonds is 6. The third-order valence-corrected chi connectivity index (χ3v) is 5.86. The largest absolute Gasteiger partial charge is 0.348 e. The Morgan fingerprint density at radius 1 is 1.00 bits per heavy atom. The summed E-state index contributed by atoms with van der Waals surface area (Å²) in [5.74, 6) is 1.76. The Hall–Kier alpha value is -2.88. The fraction of sp³-hybridized carbons (Fsp3) is 0.360. The molecule has 3 aromatic rings. The van der Waals surface area contributed by atoms with Crippen molar-refractivity contribution >= 4 is 5.91 Å². The van der Waals surface area contributed by atoms with Gasteiger partial charge >= 0.3 is 0 Å². The minimum absolute atomic E-state index is 0.309. The summed E-state index contributed by atoms with van der Waals surface area (Å²) < 4.78 is 0. The Balaban J connectivity index is 1.38. The molecule has 0 atom stereocenters. The summed E-state index contributed by atoms with van der Waals surface area (Å²) in [6.45, 7) is 3.81. The zero-order valence-electron chi connectivity index (χ0n) is 17.1. The average molecular weight is 388 g/mol. The second-order valence-electron chi connectivity index (χ2n) is 7.87. The van der Waals surface area contributed by atoms with Gasteiger partial charge in [-0.3, -0.25) is 4.79 Å². The summed E-state index contributed by atoms with van der Waals surface area (Å²) in [6.07, 6.45) is 6.72. The molecule has 4 nitrogen and oxygen atoms in total. The molecule has 2 aromatic carbocycles. The highest BCUT2D eigenvalue weighted by atomic mass is 16.2. The van der Waals surface area contributed by atoms with Gasteiger partial charge in [-0.15, -0.1) is 0 Å². The molecule has 1 amide bonds. The molecule has 1 fully saturated rings. The van der Waals surface area contributed by atoms with E-state index in [-0.39, 0.29) is 0 Å². The first-order valence-electron chi connectivity index (χ1n) is 10.7. The molecule has 0 radical (unpaired) electrons. The van der Waals surface area contributed by atoms with E-state index in [2.05, 4.69) is 60.4 Å². The molecule has 1 aromatic heterocycles. The fourth-order valence-electron chi connectivity index (χ4n) is 4.05. The Labute approximate surface area is 173 Å². The second kappa shape index (κ2) is 9.08. The van der Waals surface area contributed by atoms with Crippen LogP contribution < -0.4 is 0 Å². The number of likely N-dealkylation sites (tertiary alicyclic amines) is 1. The van der Waals surface area contributed by atoms with Crippen LogP contribution in [0.2, 0.25) is 0 Å². The molecule has 1 aliphatic rings. The van der Waals surface area contributed by atoms with Crippen molar-refractivity contribution in [3.05, 3.63) is 66.6 Å². The summed E-state index contributed by atoms with van der Waals surface area (Å²) in [4.78, 5) is 22.5. The molecular weight excluding hydrogens is 358 g/mol. The monoisotopic (exact) mass is 387 g/mol. The van der Waals surface area contributed by atoms with Crippen LogP contribution in [0.3, 0.4) is 0 Å². The van der Waals surface area contributed by atoms with Gasteiger partial charge in [-0.1, -0.05) is 67.9 Å². The minimum atomic E-state index is 0.309. The number of hydrogen-bond donors (Lipinski definition) is 1. The number of amides is 1. The van der Waals surface area contributed by atoms with Gasteiger partial charge in [0, 0.05) is 37.2 Å². The maximum Gasteiger partial charge on any atom is 0.222 e. The van der Waals surface area contributed by atoms with Crippen molar-refractivity contribution in [2.45, 2.75) is 44.9 Å². The van der Waals surface area contributed by atoms with Crippen LogP contribution in [-0.4, -0.2) is 33.9 Å². The number of carbonyl (C=O) groups excluding carboxylic acids is 1. The number of H-pyrrole nitrogens is 1. The van der Waals surface area contributed by atoms with Gasteiger partial charge in [-0.2, -0.15) is 0 Å². The molecule has 1 saturated heterocycles. The molecule has 0 aliphatic carbocycles. The van der Waals surface area contributed by atoms with Gasteiger partial charge in [-0.25, -0.2) is 4.98 Å². The lowest BCUT2D eigenvalue weighted by molar-refractivity contribution is -0.132. The molecular formula is C25H29N3O. The third kappa shape index (κ3) is 4.58. The van der Waals surface area contributed by atoms with Gasteiger partial charge in [-0.05, 0) is 30.4 Å². The standard InChI is InChI=1S/C25H29N3O/c1-2-3-9-24(29)28-16-14-22(15-17-28)25-26-18-23(27-25)21-12-10-20(11-13-21)19-7-5-4-6-8-19/h4-8,10-13,18,22H,2-3,9,14-17H2,1H3,(H,26,27). The zero-order valence-corrected chi connectivity index (χ0v) is 17.1. The maximum absolute atomic E-state index is 12.2. The SMILES string of the molecule is CCCCC(=O)N1CCC(c2nc(-c3ccc(-c4ccccc4)cc3)c[nH]2)CC1. The van der Waals surface area contributed by atoms with Crippen LogP contribution in [-0.2, 0) is 4.79 Å². The minimum Gasteiger partial charge on any atom is -0.348 e. The third-order valence-electron chi connectivity index (χ3n) is 5.86. The van der Waals surface area contributed by atoms with Crippen molar-refractivity contribution in [1.82, 2.24) is 14.9 Å². The van der Waals surface area contributed by atoms with E-state index < -0.39 is 0 Å². The summed E-state index contributed by atoms with van der Waals surface area (Å²) in [7, 11) is 0. The summed E-state index contributed by atoms with van der Waals surface area (Å²) in [5.41, 5.74) is 4.55. The lowest BCUT2D eigenvalue weighted by Crippen LogP contribution is -2.37. The molecule has 0 bridgehead atoms. The Bertz CT molecular complexity index is 922. The molecule has 150 valence electrons. The number of hydrogen-bond acceptors (Lipinski definition) is 2. The smallest absolute Gasteiger partial charge is 0.222 e. The van der Waals surface area contributed by atoms with Crippen LogP contribution in [0.25, 0.3) is 22.4 Å². The van der Waals surface area contributed by atoms with Gasteiger partial charge in [0.25, 0.3) is 0 Å². The topological polar surface area (TPSA) is 49.0 Å². The molecule has 0 unspecified atom stereocenters. The molecule has 0 saturated carbocycles. The first-order chi connectivity index (χ1) is 14.2. The van der Waals surface area contributed by atoms with E-state index in [4.69, 9.17) is 4.98 Å². The lowest BCUT2D eigenvalue weighted by atomic mass is 9.96. The Kier molecular flexibility index (Phi) is 6.09. The summed E-state index contributed by atoms with van der Waals surface area (Å²) in [5, 5.41) is 0.